The molecule has 0 bridgehead atoms. The largest absolute Gasteiger partial charge is 0.485 e. The maximum absolute atomic E-state index is 5.60. The molecule has 0 aromatic carbocycles. The monoisotopic (exact) mass is 284 g/mol. The van der Waals surface area contributed by atoms with Gasteiger partial charge in [0.05, 0.1) is 12.3 Å². The van der Waals surface area contributed by atoms with Crippen molar-refractivity contribution in [1.82, 2.24) is 19.6 Å². The number of fused-ring (bicyclic) bond motifs is 1. The van der Waals surface area contributed by atoms with Gasteiger partial charge in [-0.1, -0.05) is 0 Å². The molecular weight excluding hydrogens is 276 g/mol. The van der Waals surface area contributed by atoms with Crippen LogP contribution in [0.4, 0.5) is 0 Å². The third-order valence-corrected chi connectivity index (χ3v) is 3.06. The van der Waals surface area contributed by atoms with Crippen LogP contribution in [0.5, 0.6) is 5.75 Å². The minimum Gasteiger partial charge on any atom is -0.485 e. The standard InChI is InChI=1S/C9H9BrN4O2/c10-9-11-3-7(8-13-12-5-14(8)9)16-4-6-1-2-15-6/h3,5-6H,1-2,4H2. The molecule has 1 atom stereocenters. The lowest BCUT2D eigenvalue weighted by atomic mass is 10.2. The van der Waals surface area contributed by atoms with Gasteiger partial charge in [-0.25, -0.2) is 4.98 Å². The van der Waals surface area contributed by atoms with E-state index in [-0.39, 0.29) is 6.10 Å². The van der Waals surface area contributed by atoms with E-state index in [1.807, 2.05) is 0 Å². The number of rotatable bonds is 3. The fourth-order valence-electron chi connectivity index (χ4n) is 1.47. The van der Waals surface area contributed by atoms with E-state index in [4.69, 9.17) is 9.47 Å². The summed E-state index contributed by atoms with van der Waals surface area (Å²) in [5.74, 6) is 0.621. The van der Waals surface area contributed by atoms with Crippen LogP contribution in [-0.4, -0.2) is 38.9 Å². The molecule has 0 amide bonds. The van der Waals surface area contributed by atoms with E-state index in [0.717, 1.165) is 13.0 Å². The summed E-state index contributed by atoms with van der Waals surface area (Å²) < 4.78 is 13.2. The summed E-state index contributed by atoms with van der Waals surface area (Å²) in [4.78, 5) is 4.14. The second kappa shape index (κ2) is 3.99. The highest BCUT2D eigenvalue weighted by Crippen LogP contribution is 2.21. The molecule has 0 N–H and O–H groups in total. The van der Waals surface area contributed by atoms with Gasteiger partial charge in [0.1, 0.15) is 12.9 Å². The van der Waals surface area contributed by atoms with Crippen LogP contribution < -0.4 is 4.74 Å². The Labute approximate surface area is 99.7 Å². The van der Waals surface area contributed by atoms with Gasteiger partial charge in [0.15, 0.2) is 10.5 Å². The number of hydrogen-bond donors (Lipinski definition) is 0. The van der Waals surface area contributed by atoms with Gasteiger partial charge in [-0.2, -0.15) is 0 Å². The van der Waals surface area contributed by atoms with Crippen LogP contribution >= 0.6 is 15.9 Å². The van der Waals surface area contributed by atoms with Crippen LogP contribution in [0.1, 0.15) is 6.42 Å². The van der Waals surface area contributed by atoms with Gasteiger partial charge in [-0.3, -0.25) is 4.40 Å². The zero-order valence-corrected chi connectivity index (χ0v) is 9.92. The maximum Gasteiger partial charge on any atom is 0.206 e. The second-order valence-corrected chi connectivity index (χ2v) is 4.22. The fraction of sp³-hybridized carbons (Fsp3) is 0.444. The molecule has 1 unspecified atom stereocenters. The van der Waals surface area contributed by atoms with Gasteiger partial charge >= 0.3 is 0 Å². The molecule has 7 heteroatoms. The summed E-state index contributed by atoms with van der Waals surface area (Å²) in [6.07, 6.45) is 4.46. The molecule has 3 rings (SSSR count). The topological polar surface area (TPSA) is 61.5 Å². The maximum atomic E-state index is 5.60. The molecule has 0 aliphatic carbocycles. The van der Waals surface area contributed by atoms with Crippen molar-refractivity contribution in [2.75, 3.05) is 13.2 Å². The Morgan fingerprint density at radius 2 is 2.50 bits per heavy atom. The van der Waals surface area contributed by atoms with E-state index in [1.165, 1.54) is 0 Å². The summed E-state index contributed by atoms with van der Waals surface area (Å²) in [5, 5.41) is 7.79. The summed E-state index contributed by atoms with van der Waals surface area (Å²) in [5.41, 5.74) is 0.654. The molecule has 0 saturated carbocycles. The molecule has 16 heavy (non-hydrogen) atoms. The summed E-state index contributed by atoms with van der Waals surface area (Å²) in [6.45, 7) is 1.36. The average Bonchev–Trinajstić information content (AvgIpc) is 2.68. The van der Waals surface area contributed by atoms with Crippen molar-refractivity contribution in [2.24, 2.45) is 0 Å². The smallest absolute Gasteiger partial charge is 0.206 e. The van der Waals surface area contributed by atoms with Crippen LogP contribution in [0.15, 0.2) is 17.3 Å². The quantitative estimate of drug-likeness (QED) is 0.789. The first kappa shape index (κ1) is 9.98. The Morgan fingerprint density at radius 1 is 1.62 bits per heavy atom. The normalized spacial score (nSPS) is 19.7. The third kappa shape index (κ3) is 1.65. The molecule has 2 aromatic heterocycles. The Morgan fingerprint density at radius 3 is 3.25 bits per heavy atom. The number of aromatic nitrogens is 4. The first-order valence-corrected chi connectivity index (χ1v) is 5.72. The molecule has 1 aliphatic heterocycles. The fourth-order valence-corrected chi connectivity index (χ4v) is 1.83. The second-order valence-electron chi connectivity index (χ2n) is 3.51. The Hall–Kier alpha value is -1.21. The van der Waals surface area contributed by atoms with E-state index >= 15 is 0 Å². The molecule has 84 valence electrons. The molecule has 6 nitrogen and oxygen atoms in total. The zero-order chi connectivity index (χ0) is 11.0. The lowest BCUT2D eigenvalue weighted by molar-refractivity contribution is -0.0719. The van der Waals surface area contributed by atoms with Gasteiger partial charge in [-0.15, -0.1) is 10.2 Å². The molecule has 3 heterocycles. The number of halogens is 1. The van der Waals surface area contributed by atoms with Gasteiger partial charge < -0.3 is 9.47 Å². The summed E-state index contributed by atoms with van der Waals surface area (Å²) in [6, 6.07) is 0. The summed E-state index contributed by atoms with van der Waals surface area (Å²) >= 11 is 3.31. The van der Waals surface area contributed by atoms with E-state index < -0.39 is 0 Å². The van der Waals surface area contributed by atoms with E-state index in [9.17, 15) is 0 Å². The lowest BCUT2D eigenvalue weighted by Gasteiger charge is -2.26. The first-order valence-electron chi connectivity index (χ1n) is 4.93. The van der Waals surface area contributed by atoms with Crippen molar-refractivity contribution in [2.45, 2.75) is 12.5 Å². The van der Waals surface area contributed by atoms with Crippen molar-refractivity contribution in [3.8, 4) is 5.75 Å². The SMILES string of the molecule is Brc1ncc(OCC2CCO2)c2nncn12. The highest BCUT2D eigenvalue weighted by atomic mass is 79.9. The number of nitrogens with zero attached hydrogens (tertiary/aromatic N) is 4. The summed E-state index contributed by atoms with van der Waals surface area (Å²) in [7, 11) is 0. The van der Waals surface area contributed by atoms with Crippen LogP contribution in [0, 0.1) is 0 Å². The van der Waals surface area contributed by atoms with Crippen molar-refractivity contribution in [1.29, 1.82) is 0 Å². The minimum absolute atomic E-state index is 0.201. The van der Waals surface area contributed by atoms with E-state index in [2.05, 4.69) is 31.1 Å². The molecule has 0 spiro atoms. The molecule has 2 aromatic rings. The van der Waals surface area contributed by atoms with Crippen LogP contribution in [0.25, 0.3) is 5.65 Å². The van der Waals surface area contributed by atoms with Crippen molar-refractivity contribution < 1.29 is 9.47 Å². The predicted octanol–water partition coefficient (Wildman–Crippen LogP) is 1.05. The van der Waals surface area contributed by atoms with Crippen molar-refractivity contribution >= 4 is 21.6 Å². The van der Waals surface area contributed by atoms with Crippen molar-refractivity contribution in [3.05, 3.63) is 17.3 Å². The van der Waals surface area contributed by atoms with Crippen LogP contribution in [-0.2, 0) is 4.74 Å². The minimum atomic E-state index is 0.201. The molecule has 1 saturated heterocycles. The number of hydrogen-bond acceptors (Lipinski definition) is 5. The van der Waals surface area contributed by atoms with Gasteiger partial charge in [0.2, 0.25) is 5.65 Å². The Kier molecular flexibility index (Phi) is 2.49. The highest BCUT2D eigenvalue weighted by Gasteiger charge is 2.19. The van der Waals surface area contributed by atoms with Gasteiger partial charge in [0.25, 0.3) is 0 Å². The Bertz CT molecular complexity index is 511. The molecular formula is C9H9BrN4O2. The van der Waals surface area contributed by atoms with Crippen LogP contribution in [0.2, 0.25) is 0 Å². The predicted molar refractivity (Wildman–Crippen MR) is 58.3 cm³/mol. The highest BCUT2D eigenvalue weighted by molar-refractivity contribution is 9.10. The van der Waals surface area contributed by atoms with E-state index in [1.54, 1.807) is 16.9 Å². The van der Waals surface area contributed by atoms with Crippen LogP contribution in [0.3, 0.4) is 0 Å². The first-order chi connectivity index (χ1) is 7.84. The lowest BCUT2D eigenvalue weighted by Crippen LogP contribution is -2.32. The van der Waals surface area contributed by atoms with Gasteiger partial charge in [0, 0.05) is 13.0 Å². The molecule has 0 radical (unpaired) electrons. The zero-order valence-electron chi connectivity index (χ0n) is 8.34. The molecule has 1 fully saturated rings. The van der Waals surface area contributed by atoms with E-state index in [0.29, 0.717) is 22.7 Å². The van der Waals surface area contributed by atoms with Gasteiger partial charge in [-0.05, 0) is 15.9 Å². The number of ether oxygens (including phenoxy) is 2. The molecule has 1 aliphatic rings. The third-order valence-electron chi connectivity index (χ3n) is 2.47. The Balaban J connectivity index is 1.85. The average molecular weight is 285 g/mol. The van der Waals surface area contributed by atoms with Crippen molar-refractivity contribution in [3.63, 3.8) is 0 Å².